The first-order chi connectivity index (χ1) is 11.2. The Morgan fingerprint density at radius 3 is 2.26 bits per heavy atom. The standard InChI is InChI=1S/C20H25NO2/c1-16(18-11-7-4-8-12-18)21-19(15-20(22)23-2)14-13-17-9-5-3-6-10-17/h3-12,16,19,21H,13-15H2,1-2H3/t16-,19+/m1/s1. The summed E-state index contributed by atoms with van der Waals surface area (Å²) in [5.41, 5.74) is 2.51. The Hall–Kier alpha value is -2.13. The van der Waals surface area contributed by atoms with Crippen molar-refractivity contribution in [3.05, 3.63) is 71.8 Å². The Kier molecular flexibility index (Phi) is 6.82. The van der Waals surface area contributed by atoms with E-state index in [0.29, 0.717) is 6.42 Å². The fraction of sp³-hybridized carbons (Fsp3) is 0.350. The lowest BCUT2D eigenvalue weighted by molar-refractivity contribution is -0.141. The van der Waals surface area contributed by atoms with Crippen LogP contribution in [-0.2, 0) is 16.0 Å². The molecule has 0 aliphatic rings. The number of aryl methyl sites for hydroxylation is 1. The molecule has 0 unspecified atom stereocenters. The van der Waals surface area contributed by atoms with Crippen LogP contribution in [0.15, 0.2) is 60.7 Å². The van der Waals surface area contributed by atoms with Crippen molar-refractivity contribution in [2.24, 2.45) is 0 Å². The van der Waals surface area contributed by atoms with Crippen molar-refractivity contribution in [3.63, 3.8) is 0 Å². The molecule has 3 heteroatoms. The van der Waals surface area contributed by atoms with E-state index in [1.54, 1.807) is 0 Å². The van der Waals surface area contributed by atoms with Gasteiger partial charge in [0, 0.05) is 12.1 Å². The molecule has 23 heavy (non-hydrogen) atoms. The molecule has 122 valence electrons. The van der Waals surface area contributed by atoms with E-state index in [-0.39, 0.29) is 18.1 Å². The van der Waals surface area contributed by atoms with E-state index in [1.165, 1.54) is 18.2 Å². The highest BCUT2D eigenvalue weighted by Crippen LogP contribution is 2.16. The van der Waals surface area contributed by atoms with Crippen LogP contribution >= 0.6 is 0 Å². The molecule has 0 saturated heterocycles. The fourth-order valence-electron chi connectivity index (χ4n) is 2.71. The topological polar surface area (TPSA) is 38.3 Å². The van der Waals surface area contributed by atoms with Gasteiger partial charge in [0.2, 0.25) is 0 Å². The summed E-state index contributed by atoms with van der Waals surface area (Å²) in [5.74, 6) is -0.171. The maximum absolute atomic E-state index is 11.7. The summed E-state index contributed by atoms with van der Waals surface area (Å²) in [5, 5.41) is 3.57. The van der Waals surface area contributed by atoms with Gasteiger partial charge in [-0.1, -0.05) is 60.7 Å². The Morgan fingerprint density at radius 2 is 1.65 bits per heavy atom. The number of nitrogens with one attached hydrogen (secondary N) is 1. The van der Waals surface area contributed by atoms with Crippen LogP contribution in [0, 0.1) is 0 Å². The maximum Gasteiger partial charge on any atom is 0.307 e. The zero-order valence-corrected chi connectivity index (χ0v) is 13.9. The van der Waals surface area contributed by atoms with Gasteiger partial charge in [-0.2, -0.15) is 0 Å². The van der Waals surface area contributed by atoms with Gasteiger partial charge in [-0.15, -0.1) is 0 Å². The van der Waals surface area contributed by atoms with E-state index >= 15 is 0 Å². The molecule has 1 N–H and O–H groups in total. The zero-order valence-electron chi connectivity index (χ0n) is 13.9. The molecule has 2 atom stereocenters. The fourth-order valence-corrected chi connectivity index (χ4v) is 2.71. The lowest BCUT2D eigenvalue weighted by atomic mass is 10.0. The highest BCUT2D eigenvalue weighted by Gasteiger charge is 2.17. The Labute approximate surface area is 138 Å². The van der Waals surface area contributed by atoms with E-state index in [1.807, 2.05) is 36.4 Å². The zero-order chi connectivity index (χ0) is 16.5. The maximum atomic E-state index is 11.7. The second-order valence-corrected chi connectivity index (χ2v) is 5.80. The average molecular weight is 311 g/mol. The predicted molar refractivity (Wildman–Crippen MR) is 93.2 cm³/mol. The van der Waals surface area contributed by atoms with Crippen LogP contribution in [0.25, 0.3) is 0 Å². The van der Waals surface area contributed by atoms with E-state index < -0.39 is 0 Å². The van der Waals surface area contributed by atoms with Crippen LogP contribution in [0.3, 0.4) is 0 Å². The lowest BCUT2D eigenvalue weighted by Gasteiger charge is -2.23. The summed E-state index contributed by atoms with van der Waals surface area (Å²) < 4.78 is 4.84. The van der Waals surface area contributed by atoms with Crippen molar-refractivity contribution in [2.75, 3.05) is 7.11 Å². The number of hydrogen-bond acceptors (Lipinski definition) is 3. The highest BCUT2D eigenvalue weighted by molar-refractivity contribution is 5.69. The summed E-state index contributed by atoms with van der Waals surface area (Å²) in [7, 11) is 1.44. The molecule has 0 aromatic heterocycles. The van der Waals surface area contributed by atoms with E-state index in [9.17, 15) is 4.79 Å². The molecular weight excluding hydrogens is 286 g/mol. The van der Waals surface area contributed by atoms with Crippen molar-refractivity contribution in [2.45, 2.75) is 38.3 Å². The minimum Gasteiger partial charge on any atom is -0.469 e. The molecule has 0 amide bonds. The third-order valence-electron chi connectivity index (χ3n) is 4.05. The monoisotopic (exact) mass is 311 g/mol. The number of hydrogen-bond donors (Lipinski definition) is 1. The summed E-state index contributed by atoms with van der Waals surface area (Å²) in [6.07, 6.45) is 2.23. The minimum atomic E-state index is -0.171. The van der Waals surface area contributed by atoms with Crippen LogP contribution in [0.4, 0.5) is 0 Å². The molecule has 0 bridgehead atoms. The molecule has 0 aliphatic heterocycles. The van der Waals surface area contributed by atoms with Crippen LogP contribution < -0.4 is 5.32 Å². The van der Waals surface area contributed by atoms with Crippen molar-refractivity contribution in [3.8, 4) is 0 Å². The Balaban J connectivity index is 1.97. The van der Waals surface area contributed by atoms with Gasteiger partial charge in [-0.3, -0.25) is 4.79 Å². The normalized spacial score (nSPS) is 13.3. The van der Waals surface area contributed by atoms with Gasteiger partial charge in [0.1, 0.15) is 0 Å². The number of benzene rings is 2. The summed E-state index contributed by atoms with van der Waals surface area (Å²) in [4.78, 5) is 11.7. The van der Waals surface area contributed by atoms with E-state index in [0.717, 1.165) is 12.8 Å². The number of methoxy groups -OCH3 is 1. The molecule has 2 aromatic rings. The van der Waals surface area contributed by atoms with Crippen molar-refractivity contribution in [1.29, 1.82) is 0 Å². The molecule has 0 spiro atoms. The first-order valence-electron chi connectivity index (χ1n) is 8.10. The summed E-state index contributed by atoms with van der Waals surface area (Å²) >= 11 is 0. The van der Waals surface area contributed by atoms with Gasteiger partial charge in [-0.05, 0) is 30.9 Å². The second kappa shape index (κ2) is 9.11. The average Bonchev–Trinajstić information content (AvgIpc) is 2.61. The smallest absolute Gasteiger partial charge is 0.307 e. The largest absolute Gasteiger partial charge is 0.469 e. The summed E-state index contributed by atoms with van der Waals surface area (Å²) in [6.45, 7) is 2.13. The van der Waals surface area contributed by atoms with Gasteiger partial charge >= 0.3 is 5.97 Å². The molecule has 3 nitrogen and oxygen atoms in total. The molecule has 2 aromatic carbocycles. The molecule has 0 heterocycles. The van der Waals surface area contributed by atoms with Gasteiger partial charge < -0.3 is 10.1 Å². The number of carbonyl (C=O) groups is 1. The number of esters is 1. The highest BCUT2D eigenvalue weighted by atomic mass is 16.5. The van der Waals surface area contributed by atoms with Crippen LogP contribution in [0.2, 0.25) is 0 Å². The van der Waals surface area contributed by atoms with Crippen molar-refractivity contribution >= 4 is 5.97 Å². The molecule has 0 fully saturated rings. The Bertz CT molecular complexity index is 583. The SMILES string of the molecule is COC(=O)C[C@H](CCc1ccccc1)N[C@H](C)c1ccccc1. The third-order valence-corrected chi connectivity index (χ3v) is 4.05. The number of rotatable bonds is 8. The van der Waals surface area contributed by atoms with Gasteiger partial charge in [0.05, 0.1) is 13.5 Å². The van der Waals surface area contributed by atoms with E-state index in [4.69, 9.17) is 4.74 Å². The van der Waals surface area contributed by atoms with Crippen LogP contribution in [0.5, 0.6) is 0 Å². The van der Waals surface area contributed by atoms with Crippen LogP contribution in [-0.4, -0.2) is 19.1 Å². The van der Waals surface area contributed by atoms with Crippen LogP contribution in [0.1, 0.15) is 36.9 Å². The van der Waals surface area contributed by atoms with E-state index in [2.05, 4.69) is 36.5 Å². The Morgan fingerprint density at radius 1 is 1.04 bits per heavy atom. The van der Waals surface area contributed by atoms with Gasteiger partial charge in [-0.25, -0.2) is 0 Å². The molecule has 0 saturated carbocycles. The molecule has 0 radical (unpaired) electrons. The van der Waals surface area contributed by atoms with Crippen molar-refractivity contribution < 1.29 is 9.53 Å². The van der Waals surface area contributed by atoms with Gasteiger partial charge in [0.25, 0.3) is 0 Å². The first kappa shape index (κ1) is 17.2. The minimum absolute atomic E-state index is 0.0952. The predicted octanol–water partition coefficient (Wildman–Crippen LogP) is 3.90. The molecule has 2 rings (SSSR count). The number of ether oxygens (including phenoxy) is 1. The lowest BCUT2D eigenvalue weighted by Crippen LogP contribution is -2.34. The second-order valence-electron chi connectivity index (χ2n) is 5.80. The molecule has 0 aliphatic carbocycles. The third kappa shape index (κ3) is 5.87. The number of carbonyl (C=O) groups excluding carboxylic acids is 1. The summed E-state index contributed by atoms with van der Waals surface area (Å²) in [6, 6.07) is 20.9. The quantitative estimate of drug-likeness (QED) is 0.751. The van der Waals surface area contributed by atoms with Gasteiger partial charge in [0.15, 0.2) is 0 Å². The van der Waals surface area contributed by atoms with Crippen molar-refractivity contribution in [1.82, 2.24) is 5.32 Å². The molecular formula is C20H25NO2. The first-order valence-corrected chi connectivity index (χ1v) is 8.10.